The van der Waals surface area contributed by atoms with Gasteiger partial charge in [0.05, 0.1) is 0 Å². The molecule has 0 bridgehead atoms. The summed E-state index contributed by atoms with van der Waals surface area (Å²) < 4.78 is 5.48. The van der Waals surface area contributed by atoms with Crippen LogP contribution in [0.5, 0.6) is 5.75 Å². The van der Waals surface area contributed by atoms with Crippen LogP contribution in [-0.2, 0) is 14.3 Å². The molecule has 0 saturated carbocycles. The van der Waals surface area contributed by atoms with Crippen LogP contribution >= 0.6 is 11.8 Å². The summed E-state index contributed by atoms with van der Waals surface area (Å²) in [4.78, 5) is 43.0. The van der Waals surface area contributed by atoms with Crippen molar-refractivity contribution in [3.8, 4) is 5.75 Å². The smallest absolute Gasteiger partial charge is 0.408 e. The van der Waals surface area contributed by atoms with Crippen LogP contribution < -0.4 is 10.6 Å². The Morgan fingerprint density at radius 3 is 2.30 bits per heavy atom. The van der Waals surface area contributed by atoms with Gasteiger partial charge in [0.15, 0.2) is 0 Å². The number of alkyl carbamates (subject to hydrolysis) is 1. The molecule has 2 unspecified atom stereocenters. The zero-order valence-electron chi connectivity index (χ0n) is 26.6. The third-order valence-corrected chi connectivity index (χ3v) is 7.84. The number of rotatable bonds is 15. The topological polar surface area (TPSA) is 108 Å². The van der Waals surface area contributed by atoms with Crippen molar-refractivity contribution in [2.75, 3.05) is 23.9 Å². The number of nitrogens with zero attached hydrogens (tertiary/aromatic N) is 1. The van der Waals surface area contributed by atoms with Gasteiger partial charge in [0.2, 0.25) is 5.91 Å². The number of para-hydroxylation sites is 1. The number of amides is 3. The molecule has 44 heavy (non-hydrogen) atoms. The first-order chi connectivity index (χ1) is 21.0. The predicted molar refractivity (Wildman–Crippen MR) is 180 cm³/mol. The van der Waals surface area contributed by atoms with Crippen LogP contribution in [0.2, 0.25) is 0 Å². The molecular weight excluding hydrogens is 574 g/mol. The highest BCUT2D eigenvalue weighted by Gasteiger charge is 2.37. The van der Waals surface area contributed by atoms with Crippen LogP contribution in [0, 0.1) is 0 Å². The lowest BCUT2D eigenvalue weighted by atomic mass is 10.00. The Morgan fingerprint density at radius 2 is 1.61 bits per heavy atom. The maximum atomic E-state index is 14.4. The molecule has 9 heteroatoms. The summed E-state index contributed by atoms with van der Waals surface area (Å²) in [7, 11) is 0. The van der Waals surface area contributed by atoms with E-state index in [0.29, 0.717) is 29.8 Å². The number of nitrogens with one attached hydrogen (secondary N) is 2. The Balaban J connectivity index is 2.02. The molecule has 0 saturated heterocycles. The molecule has 0 aliphatic rings. The largest absolute Gasteiger partial charge is 0.508 e. The number of anilines is 1. The molecule has 0 aromatic heterocycles. The van der Waals surface area contributed by atoms with E-state index in [0.717, 1.165) is 36.5 Å². The monoisotopic (exact) mass is 621 g/mol. The van der Waals surface area contributed by atoms with E-state index in [9.17, 15) is 19.5 Å². The second kappa shape index (κ2) is 16.9. The van der Waals surface area contributed by atoms with Crippen LogP contribution in [0.3, 0.4) is 0 Å². The summed E-state index contributed by atoms with van der Waals surface area (Å²) in [5.41, 5.74) is 0.151. The average Bonchev–Trinajstić information content (AvgIpc) is 2.98. The normalized spacial score (nSPS) is 12.8. The van der Waals surface area contributed by atoms with Crippen molar-refractivity contribution in [3.05, 3.63) is 72.3 Å². The summed E-state index contributed by atoms with van der Waals surface area (Å²) in [6, 6.07) is 18.0. The fourth-order valence-corrected chi connectivity index (χ4v) is 5.51. The van der Waals surface area contributed by atoms with Crippen LogP contribution in [0.15, 0.2) is 66.7 Å². The van der Waals surface area contributed by atoms with Gasteiger partial charge in [-0.25, -0.2) is 4.79 Å². The Bertz CT molecular complexity index is 1390. The average molecular weight is 622 g/mol. The van der Waals surface area contributed by atoms with Gasteiger partial charge in [0.1, 0.15) is 23.4 Å². The van der Waals surface area contributed by atoms with Crippen LogP contribution in [0.25, 0.3) is 10.8 Å². The van der Waals surface area contributed by atoms with Gasteiger partial charge in [-0.3, -0.25) is 9.59 Å². The molecule has 0 aliphatic heterocycles. The van der Waals surface area contributed by atoms with Gasteiger partial charge in [0.25, 0.3) is 5.91 Å². The predicted octanol–water partition coefficient (Wildman–Crippen LogP) is 7.67. The Morgan fingerprint density at radius 1 is 0.932 bits per heavy atom. The summed E-state index contributed by atoms with van der Waals surface area (Å²) >= 11 is 1.56. The minimum Gasteiger partial charge on any atom is -0.508 e. The van der Waals surface area contributed by atoms with Gasteiger partial charge in [0, 0.05) is 17.8 Å². The number of phenolic OH excluding ortho intramolecular Hbond substituents is 1. The Kier molecular flexibility index (Phi) is 13.4. The van der Waals surface area contributed by atoms with Gasteiger partial charge < -0.3 is 25.4 Å². The van der Waals surface area contributed by atoms with E-state index in [-0.39, 0.29) is 12.3 Å². The molecule has 3 amide bonds. The summed E-state index contributed by atoms with van der Waals surface area (Å²) in [6.07, 6.45) is 6.30. The van der Waals surface area contributed by atoms with E-state index in [4.69, 9.17) is 4.74 Å². The van der Waals surface area contributed by atoms with Crippen LogP contribution in [-0.4, -0.2) is 58.1 Å². The molecule has 8 nitrogen and oxygen atoms in total. The molecule has 2 atom stereocenters. The standard InChI is InChI=1S/C35H47N3O5S/c1-6-7-8-9-14-22-38(33(41)29(21-23-44-5)37-34(42)43-35(2,3)4)31(28-17-12-13-18-30(28)39)32(40)36-27-20-19-25-15-10-11-16-26(25)24-27/h10-13,15-20,24,29,31,39H,6-9,14,21-23H2,1-5H3,(H,36,40)(H,37,42). The van der Waals surface area contributed by atoms with E-state index < -0.39 is 35.6 Å². The van der Waals surface area contributed by atoms with Crippen molar-refractivity contribution in [2.24, 2.45) is 0 Å². The molecule has 0 fully saturated rings. The number of carbonyl (C=O) groups excluding carboxylic acids is 3. The summed E-state index contributed by atoms with van der Waals surface area (Å²) in [6.45, 7) is 7.70. The van der Waals surface area contributed by atoms with E-state index >= 15 is 0 Å². The first-order valence-corrected chi connectivity index (χ1v) is 16.8. The SMILES string of the molecule is CCCCCCCN(C(=O)C(CCSC)NC(=O)OC(C)(C)C)C(C(=O)Nc1ccc2ccccc2c1)c1ccccc1O. The minimum absolute atomic E-state index is 0.0873. The quantitative estimate of drug-likeness (QED) is 0.150. The first-order valence-electron chi connectivity index (χ1n) is 15.4. The zero-order valence-corrected chi connectivity index (χ0v) is 27.4. The van der Waals surface area contributed by atoms with Gasteiger partial charge in [-0.05, 0) is 74.6 Å². The van der Waals surface area contributed by atoms with Crippen LogP contribution in [0.4, 0.5) is 10.5 Å². The molecule has 238 valence electrons. The van der Waals surface area contributed by atoms with Gasteiger partial charge in [-0.15, -0.1) is 0 Å². The number of phenols is 1. The third-order valence-electron chi connectivity index (χ3n) is 7.19. The minimum atomic E-state index is -1.14. The van der Waals surface area contributed by atoms with Gasteiger partial charge in [-0.1, -0.05) is 81.1 Å². The molecule has 0 aliphatic carbocycles. The highest BCUT2D eigenvalue weighted by molar-refractivity contribution is 7.98. The highest BCUT2D eigenvalue weighted by atomic mass is 32.2. The zero-order chi connectivity index (χ0) is 32.1. The van der Waals surface area contributed by atoms with Gasteiger partial charge in [-0.2, -0.15) is 11.8 Å². The maximum absolute atomic E-state index is 14.4. The van der Waals surface area contributed by atoms with Crippen LogP contribution in [0.1, 0.15) is 77.8 Å². The van der Waals surface area contributed by atoms with Crippen molar-refractivity contribution >= 4 is 46.1 Å². The number of aromatic hydroxyl groups is 1. The molecule has 0 radical (unpaired) electrons. The van der Waals surface area contributed by atoms with E-state index in [1.165, 1.54) is 11.0 Å². The number of carbonyl (C=O) groups is 3. The second-order valence-corrected chi connectivity index (χ2v) is 12.9. The molecule has 3 N–H and O–H groups in total. The second-order valence-electron chi connectivity index (χ2n) is 11.9. The molecule has 3 rings (SSSR count). The number of benzene rings is 3. The van der Waals surface area contributed by atoms with Crippen molar-refractivity contribution in [1.29, 1.82) is 0 Å². The number of thioether (sulfide) groups is 1. The van der Waals surface area contributed by atoms with Crippen molar-refractivity contribution in [2.45, 2.75) is 83.9 Å². The van der Waals surface area contributed by atoms with Crippen molar-refractivity contribution in [3.63, 3.8) is 0 Å². The molecule has 0 spiro atoms. The fraction of sp³-hybridized carbons (Fsp3) is 0.457. The lowest BCUT2D eigenvalue weighted by Crippen LogP contribution is -2.52. The fourth-order valence-electron chi connectivity index (χ4n) is 5.04. The van der Waals surface area contributed by atoms with E-state index in [2.05, 4.69) is 17.6 Å². The lowest BCUT2D eigenvalue weighted by Gasteiger charge is -2.35. The van der Waals surface area contributed by atoms with Gasteiger partial charge >= 0.3 is 6.09 Å². The Labute approximate surface area is 265 Å². The number of unbranched alkanes of at least 4 members (excludes halogenated alkanes) is 4. The van der Waals surface area contributed by atoms with Crippen molar-refractivity contribution in [1.82, 2.24) is 10.2 Å². The highest BCUT2D eigenvalue weighted by Crippen LogP contribution is 2.32. The number of hydrogen-bond donors (Lipinski definition) is 3. The third kappa shape index (κ3) is 10.5. The maximum Gasteiger partial charge on any atom is 0.408 e. The van der Waals surface area contributed by atoms with Crippen molar-refractivity contribution < 1.29 is 24.2 Å². The lowest BCUT2D eigenvalue weighted by molar-refractivity contribution is -0.141. The summed E-state index contributed by atoms with van der Waals surface area (Å²) in [5.74, 6) is -0.330. The molecular formula is C35H47N3O5S. The molecule has 3 aromatic rings. The van der Waals surface area contributed by atoms with E-state index in [1.807, 2.05) is 48.7 Å². The number of hydrogen-bond acceptors (Lipinski definition) is 6. The molecule has 3 aromatic carbocycles. The summed E-state index contributed by atoms with van der Waals surface area (Å²) in [5, 5.41) is 18.7. The Hall–Kier alpha value is -3.72. The van der Waals surface area contributed by atoms with E-state index in [1.54, 1.807) is 50.7 Å². The molecule has 0 heterocycles. The first kappa shape index (κ1) is 34.8. The number of fused-ring (bicyclic) bond motifs is 1. The number of ether oxygens (including phenoxy) is 1.